The van der Waals surface area contributed by atoms with Crippen LogP contribution in [0.5, 0.6) is 0 Å². The van der Waals surface area contributed by atoms with E-state index in [1.54, 1.807) is 0 Å². The van der Waals surface area contributed by atoms with Crippen LogP contribution in [0.3, 0.4) is 0 Å². The Hall–Kier alpha value is -1.25. The van der Waals surface area contributed by atoms with E-state index >= 15 is 0 Å². The maximum absolute atomic E-state index is 4.29. The van der Waals surface area contributed by atoms with Gasteiger partial charge in [0.25, 0.3) is 0 Å². The van der Waals surface area contributed by atoms with Gasteiger partial charge in [-0.25, -0.2) is 4.98 Å². The van der Waals surface area contributed by atoms with Gasteiger partial charge in [0, 0.05) is 25.5 Å². The van der Waals surface area contributed by atoms with Gasteiger partial charge in [-0.05, 0) is 11.3 Å². The van der Waals surface area contributed by atoms with Crippen molar-refractivity contribution in [1.82, 2.24) is 9.55 Å². The zero-order valence-corrected chi connectivity index (χ0v) is 10.8. The largest absolute Gasteiger partial charge is 0.355 e. The Morgan fingerprint density at radius 3 is 2.81 bits per heavy atom. The first kappa shape index (κ1) is 12.8. The first-order valence-corrected chi connectivity index (χ1v) is 5.81. The van der Waals surface area contributed by atoms with E-state index in [9.17, 15) is 0 Å². The molecular weight excluding hydrogens is 198 g/mol. The van der Waals surface area contributed by atoms with E-state index < -0.39 is 0 Å². The number of hydrogen-bond donors (Lipinski definition) is 1. The maximum Gasteiger partial charge on any atom is 0.203 e. The first-order valence-electron chi connectivity index (χ1n) is 5.81. The second-order valence-corrected chi connectivity index (χ2v) is 5.34. The molecule has 0 saturated heterocycles. The minimum Gasteiger partial charge on any atom is -0.355 e. The number of hydrogen-bond acceptors (Lipinski definition) is 2. The SMILES string of the molecule is C=CCn1ccnc1NCC(C)C(C)(C)C. The number of aromatic nitrogens is 2. The summed E-state index contributed by atoms with van der Waals surface area (Å²) in [5, 5.41) is 3.39. The van der Waals surface area contributed by atoms with Crippen LogP contribution in [0, 0.1) is 11.3 Å². The number of nitrogens with zero attached hydrogens (tertiary/aromatic N) is 2. The topological polar surface area (TPSA) is 29.9 Å². The second-order valence-electron chi connectivity index (χ2n) is 5.34. The fraction of sp³-hybridized carbons (Fsp3) is 0.615. The molecule has 3 heteroatoms. The Morgan fingerprint density at radius 1 is 1.56 bits per heavy atom. The van der Waals surface area contributed by atoms with Crippen molar-refractivity contribution < 1.29 is 0 Å². The lowest BCUT2D eigenvalue weighted by atomic mass is 9.82. The summed E-state index contributed by atoms with van der Waals surface area (Å²) >= 11 is 0. The van der Waals surface area contributed by atoms with E-state index in [4.69, 9.17) is 0 Å². The van der Waals surface area contributed by atoms with Gasteiger partial charge in [-0.2, -0.15) is 0 Å². The summed E-state index contributed by atoms with van der Waals surface area (Å²) in [5.41, 5.74) is 0.322. The van der Waals surface area contributed by atoms with Gasteiger partial charge < -0.3 is 9.88 Å². The molecule has 0 aromatic carbocycles. The van der Waals surface area contributed by atoms with Crippen molar-refractivity contribution in [2.24, 2.45) is 11.3 Å². The maximum atomic E-state index is 4.29. The van der Waals surface area contributed by atoms with Crippen molar-refractivity contribution in [2.75, 3.05) is 11.9 Å². The molecule has 1 heterocycles. The van der Waals surface area contributed by atoms with Gasteiger partial charge in [0.2, 0.25) is 5.95 Å². The third-order valence-electron chi connectivity index (χ3n) is 3.09. The Kier molecular flexibility index (Phi) is 4.16. The predicted molar refractivity (Wildman–Crippen MR) is 69.5 cm³/mol. The van der Waals surface area contributed by atoms with Crippen LogP contribution in [0.15, 0.2) is 25.0 Å². The molecule has 0 bridgehead atoms. The van der Waals surface area contributed by atoms with Gasteiger partial charge in [-0.1, -0.05) is 33.8 Å². The molecule has 1 aromatic rings. The van der Waals surface area contributed by atoms with E-state index in [1.807, 2.05) is 18.5 Å². The summed E-state index contributed by atoms with van der Waals surface area (Å²) in [6.45, 7) is 14.5. The summed E-state index contributed by atoms with van der Waals surface area (Å²) in [6.07, 6.45) is 5.65. The standard InChI is InChI=1S/C13H23N3/c1-6-8-16-9-7-14-12(16)15-10-11(2)13(3,4)5/h6-7,9,11H,1,8,10H2,2-5H3,(H,14,15). The number of rotatable bonds is 5. The van der Waals surface area contributed by atoms with E-state index in [0.29, 0.717) is 11.3 Å². The third-order valence-corrected chi connectivity index (χ3v) is 3.09. The van der Waals surface area contributed by atoms with Crippen molar-refractivity contribution in [1.29, 1.82) is 0 Å². The quantitative estimate of drug-likeness (QED) is 0.774. The molecule has 1 aromatic heterocycles. The summed E-state index contributed by atoms with van der Waals surface area (Å²) in [4.78, 5) is 4.29. The van der Waals surface area contributed by atoms with Gasteiger partial charge in [0.15, 0.2) is 0 Å². The molecule has 16 heavy (non-hydrogen) atoms. The van der Waals surface area contributed by atoms with Crippen molar-refractivity contribution >= 4 is 5.95 Å². The molecule has 0 amide bonds. The number of imidazole rings is 1. The lowest BCUT2D eigenvalue weighted by molar-refractivity contribution is 0.274. The Balaban J connectivity index is 2.54. The summed E-state index contributed by atoms with van der Waals surface area (Å²) in [7, 11) is 0. The van der Waals surface area contributed by atoms with Gasteiger partial charge >= 0.3 is 0 Å². The molecule has 0 radical (unpaired) electrons. The van der Waals surface area contributed by atoms with Crippen LogP contribution in [0.25, 0.3) is 0 Å². The van der Waals surface area contributed by atoms with Crippen molar-refractivity contribution in [3.05, 3.63) is 25.0 Å². The highest BCUT2D eigenvalue weighted by molar-refractivity contribution is 5.26. The van der Waals surface area contributed by atoms with Gasteiger partial charge in [0.1, 0.15) is 0 Å². The summed E-state index contributed by atoms with van der Waals surface area (Å²) in [5.74, 6) is 1.53. The van der Waals surface area contributed by atoms with Crippen LogP contribution in [0.1, 0.15) is 27.7 Å². The average molecular weight is 221 g/mol. The van der Waals surface area contributed by atoms with Crippen LogP contribution in [0.4, 0.5) is 5.95 Å². The van der Waals surface area contributed by atoms with E-state index in [1.165, 1.54) is 0 Å². The fourth-order valence-electron chi connectivity index (χ4n) is 1.31. The predicted octanol–water partition coefficient (Wildman–Crippen LogP) is 3.16. The number of allylic oxidation sites excluding steroid dienone is 1. The third kappa shape index (κ3) is 3.40. The fourth-order valence-corrected chi connectivity index (χ4v) is 1.31. The molecule has 0 spiro atoms. The highest BCUT2D eigenvalue weighted by atomic mass is 15.2. The van der Waals surface area contributed by atoms with Crippen LogP contribution in [-0.4, -0.2) is 16.1 Å². The normalized spacial score (nSPS) is 13.5. The number of nitrogens with one attached hydrogen (secondary N) is 1. The second kappa shape index (κ2) is 5.19. The monoisotopic (exact) mass is 221 g/mol. The molecular formula is C13H23N3. The van der Waals surface area contributed by atoms with Crippen LogP contribution >= 0.6 is 0 Å². The highest BCUT2D eigenvalue weighted by Gasteiger charge is 2.19. The van der Waals surface area contributed by atoms with E-state index in [0.717, 1.165) is 19.0 Å². The van der Waals surface area contributed by atoms with Gasteiger partial charge in [-0.3, -0.25) is 0 Å². The lowest BCUT2D eigenvalue weighted by Gasteiger charge is -2.27. The molecule has 0 aliphatic heterocycles. The Bertz CT molecular complexity index is 333. The summed E-state index contributed by atoms with van der Waals surface area (Å²) in [6, 6.07) is 0. The van der Waals surface area contributed by atoms with Crippen molar-refractivity contribution in [3.63, 3.8) is 0 Å². The summed E-state index contributed by atoms with van der Waals surface area (Å²) < 4.78 is 2.06. The molecule has 90 valence electrons. The van der Waals surface area contributed by atoms with Gasteiger partial charge in [-0.15, -0.1) is 6.58 Å². The molecule has 0 aliphatic carbocycles. The number of anilines is 1. The zero-order chi connectivity index (χ0) is 12.2. The highest BCUT2D eigenvalue weighted by Crippen LogP contribution is 2.25. The first-order chi connectivity index (χ1) is 7.45. The molecule has 1 N–H and O–H groups in total. The Morgan fingerprint density at radius 2 is 2.25 bits per heavy atom. The molecule has 0 saturated carbocycles. The average Bonchev–Trinajstić information content (AvgIpc) is 2.61. The van der Waals surface area contributed by atoms with Crippen LogP contribution in [0.2, 0.25) is 0 Å². The van der Waals surface area contributed by atoms with Crippen molar-refractivity contribution in [2.45, 2.75) is 34.2 Å². The molecule has 1 unspecified atom stereocenters. The molecule has 0 fully saturated rings. The minimum absolute atomic E-state index is 0.322. The van der Waals surface area contributed by atoms with Gasteiger partial charge in [0.05, 0.1) is 0 Å². The molecule has 1 rings (SSSR count). The smallest absolute Gasteiger partial charge is 0.203 e. The minimum atomic E-state index is 0.322. The van der Waals surface area contributed by atoms with E-state index in [-0.39, 0.29) is 0 Å². The van der Waals surface area contributed by atoms with E-state index in [2.05, 4.69) is 49.1 Å². The molecule has 0 aliphatic rings. The molecule has 1 atom stereocenters. The van der Waals surface area contributed by atoms with Crippen LogP contribution in [-0.2, 0) is 6.54 Å². The van der Waals surface area contributed by atoms with Crippen LogP contribution < -0.4 is 5.32 Å². The Labute approximate surface area is 98.6 Å². The zero-order valence-electron chi connectivity index (χ0n) is 10.8. The lowest BCUT2D eigenvalue weighted by Crippen LogP contribution is -2.25. The van der Waals surface area contributed by atoms with Crippen molar-refractivity contribution in [3.8, 4) is 0 Å². The molecule has 3 nitrogen and oxygen atoms in total.